The Hall–Kier alpha value is -2.05. The highest BCUT2D eigenvalue weighted by Crippen LogP contribution is 2.25. The number of benzene rings is 2. The molecule has 2 rings (SSSR count). The van der Waals surface area contributed by atoms with Gasteiger partial charge in [0.25, 0.3) is 0 Å². The second kappa shape index (κ2) is 10.8. The van der Waals surface area contributed by atoms with Crippen LogP contribution in [0, 0.1) is 0 Å². The van der Waals surface area contributed by atoms with Gasteiger partial charge >= 0.3 is 0 Å². The van der Waals surface area contributed by atoms with Crippen LogP contribution in [-0.4, -0.2) is 32.7 Å². The third-order valence-electron chi connectivity index (χ3n) is 3.91. The first-order chi connectivity index (χ1) is 12.6. The first-order valence-electron chi connectivity index (χ1n) is 8.65. The van der Waals surface area contributed by atoms with E-state index in [0.29, 0.717) is 24.7 Å². The summed E-state index contributed by atoms with van der Waals surface area (Å²) in [6.45, 7) is 3.34. The Morgan fingerprint density at radius 1 is 1.12 bits per heavy atom. The Morgan fingerprint density at radius 3 is 2.46 bits per heavy atom. The quantitative estimate of drug-likeness (QED) is 0.575. The number of para-hydroxylation sites is 2. The minimum atomic E-state index is -0.0305. The molecule has 0 bridgehead atoms. The minimum absolute atomic E-state index is 0.0160. The zero-order valence-electron chi connectivity index (χ0n) is 15.1. The molecule has 0 aliphatic rings. The van der Waals surface area contributed by atoms with E-state index in [1.807, 2.05) is 48.5 Å². The second-order valence-corrected chi connectivity index (χ2v) is 6.67. The maximum absolute atomic E-state index is 12.1. The molecule has 0 aliphatic carbocycles. The van der Waals surface area contributed by atoms with Crippen LogP contribution in [0.3, 0.4) is 0 Å². The number of amides is 1. The van der Waals surface area contributed by atoms with Crippen molar-refractivity contribution in [1.29, 1.82) is 0 Å². The van der Waals surface area contributed by atoms with E-state index in [9.17, 15) is 4.79 Å². The molecule has 0 saturated carbocycles. The molecule has 0 unspecified atom stereocenters. The summed E-state index contributed by atoms with van der Waals surface area (Å²) < 4.78 is 11.9. The van der Waals surface area contributed by atoms with Gasteiger partial charge in [0.05, 0.1) is 19.7 Å². The number of rotatable bonds is 10. The summed E-state index contributed by atoms with van der Waals surface area (Å²) in [6, 6.07) is 15.5. The van der Waals surface area contributed by atoms with E-state index in [2.05, 4.69) is 33.5 Å². The Balaban J connectivity index is 1.70. The predicted octanol–water partition coefficient (Wildman–Crippen LogP) is 3.69. The highest BCUT2D eigenvalue weighted by Gasteiger charge is 2.12. The third-order valence-corrected chi connectivity index (χ3v) is 4.44. The molecular weight excluding hydrogens is 396 g/mol. The molecule has 2 aromatic carbocycles. The van der Waals surface area contributed by atoms with Crippen LogP contribution < -0.4 is 20.1 Å². The Morgan fingerprint density at radius 2 is 1.81 bits per heavy atom. The highest BCUT2D eigenvalue weighted by atomic mass is 79.9. The average molecular weight is 421 g/mol. The standard InChI is InChI=1S/C20H25BrN2O3/c1-3-17(15-8-10-16(21)11-9-15)23-20(24)14-22-12-13-26-19-7-5-4-6-18(19)25-2/h4-11,17,22H,3,12-14H2,1-2H3,(H,23,24)/t17-/m1/s1. The highest BCUT2D eigenvalue weighted by molar-refractivity contribution is 9.10. The van der Waals surface area contributed by atoms with E-state index in [1.165, 1.54) is 0 Å². The molecule has 0 fully saturated rings. The van der Waals surface area contributed by atoms with Crippen molar-refractivity contribution in [2.24, 2.45) is 0 Å². The fourth-order valence-corrected chi connectivity index (χ4v) is 2.80. The summed E-state index contributed by atoms with van der Waals surface area (Å²) in [4.78, 5) is 12.1. The monoisotopic (exact) mass is 420 g/mol. The molecule has 0 heterocycles. The van der Waals surface area contributed by atoms with Crippen LogP contribution in [0.4, 0.5) is 0 Å². The lowest BCUT2D eigenvalue weighted by Crippen LogP contribution is -2.37. The number of carbonyl (C=O) groups is 1. The van der Waals surface area contributed by atoms with Crippen molar-refractivity contribution in [2.45, 2.75) is 19.4 Å². The van der Waals surface area contributed by atoms with Gasteiger partial charge in [-0.05, 0) is 36.2 Å². The molecule has 0 aromatic heterocycles. The van der Waals surface area contributed by atoms with Gasteiger partial charge in [0.1, 0.15) is 6.61 Å². The molecule has 2 aromatic rings. The number of nitrogens with one attached hydrogen (secondary N) is 2. The van der Waals surface area contributed by atoms with E-state index in [1.54, 1.807) is 7.11 Å². The fourth-order valence-electron chi connectivity index (χ4n) is 2.53. The summed E-state index contributed by atoms with van der Waals surface area (Å²) in [7, 11) is 1.61. The lowest BCUT2D eigenvalue weighted by atomic mass is 10.0. The number of halogens is 1. The normalized spacial score (nSPS) is 11.7. The van der Waals surface area contributed by atoms with Gasteiger partial charge in [0, 0.05) is 11.0 Å². The molecule has 0 spiro atoms. The molecule has 2 N–H and O–H groups in total. The van der Waals surface area contributed by atoms with Crippen molar-refractivity contribution in [3.63, 3.8) is 0 Å². The molecule has 140 valence electrons. The molecule has 0 radical (unpaired) electrons. The first kappa shape index (κ1) is 20.3. The van der Waals surface area contributed by atoms with Gasteiger partial charge in [-0.2, -0.15) is 0 Å². The van der Waals surface area contributed by atoms with Gasteiger partial charge in [-0.15, -0.1) is 0 Å². The van der Waals surface area contributed by atoms with Crippen molar-refractivity contribution >= 4 is 21.8 Å². The number of ether oxygens (including phenoxy) is 2. The molecule has 1 atom stereocenters. The van der Waals surface area contributed by atoms with E-state index >= 15 is 0 Å². The number of methoxy groups -OCH3 is 1. The van der Waals surface area contributed by atoms with E-state index < -0.39 is 0 Å². The van der Waals surface area contributed by atoms with Crippen LogP contribution in [0.5, 0.6) is 11.5 Å². The van der Waals surface area contributed by atoms with Gasteiger partial charge in [-0.1, -0.05) is 47.1 Å². The Bertz CT molecular complexity index is 692. The Kier molecular flexibility index (Phi) is 8.44. The summed E-state index contributed by atoms with van der Waals surface area (Å²) in [5.41, 5.74) is 1.10. The lowest BCUT2D eigenvalue weighted by Gasteiger charge is -2.18. The van der Waals surface area contributed by atoms with Crippen LogP contribution in [-0.2, 0) is 4.79 Å². The first-order valence-corrected chi connectivity index (χ1v) is 9.44. The van der Waals surface area contributed by atoms with Crippen LogP contribution in [0.2, 0.25) is 0 Å². The molecule has 0 saturated heterocycles. The summed E-state index contributed by atoms with van der Waals surface area (Å²) >= 11 is 3.43. The number of carbonyl (C=O) groups excluding carboxylic acids is 1. The fraction of sp³-hybridized carbons (Fsp3) is 0.350. The van der Waals surface area contributed by atoms with Crippen LogP contribution in [0.15, 0.2) is 53.0 Å². The van der Waals surface area contributed by atoms with Crippen molar-refractivity contribution in [3.8, 4) is 11.5 Å². The van der Waals surface area contributed by atoms with Crippen molar-refractivity contribution < 1.29 is 14.3 Å². The van der Waals surface area contributed by atoms with Gasteiger partial charge in [-0.25, -0.2) is 0 Å². The average Bonchev–Trinajstić information content (AvgIpc) is 2.67. The smallest absolute Gasteiger partial charge is 0.234 e. The number of hydrogen-bond donors (Lipinski definition) is 2. The van der Waals surface area contributed by atoms with E-state index in [-0.39, 0.29) is 18.5 Å². The van der Waals surface area contributed by atoms with Gasteiger partial charge in [0.2, 0.25) is 5.91 Å². The zero-order valence-corrected chi connectivity index (χ0v) is 16.7. The lowest BCUT2D eigenvalue weighted by molar-refractivity contribution is -0.121. The topological polar surface area (TPSA) is 59.6 Å². The maximum Gasteiger partial charge on any atom is 0.234 e. The van der Waals surface area contributed by atoms with Crippen molar-refractivity contribution in [1.82, 2.24) is 10.6 Å². The van der Waals surface area contributed by atoms with Gasteiger partial charge in [0.15, 0.2) is 11.5 Å². The summed E-state index contributed by atoms with van der Waals surface area (Å²) in [5, 5.41) is 6.15. The SMILES string of the molecule is CC[C@@H](NC(=O)CNCCOc1ccccc1OC)c1ccc(Br)cc1. The summed E-state index contributed by atoms with van der Waals surface area (Å²) in [5.74, 6) is 1.37. The van der Waals surface area contributed by atoms with Crippen molar-refractivity contribution in [3.05, 3.63) is 58.6 Å². The molecule has 6 heteroatoms. The van der Waals surface area contributed by atoms with Crippen LogP contribution in [0.1, 0.15) is 24.9 Å². The van der Waals surface area contributed by atoms with E-state index in [4.69, 9.17) is 9.47 Å². The van der Waals surface area contributed by atoms with Gasteiger partial charge < -0.3 is 20.1 Å². The summed E-state index contributed by atoms with van der Waals surface area (Å²) in [6.07, 6.45) is 0.838. The largest absolute Gasteiger partial charge is 0.493 e. The van der Waals surface area contributed by atoms with Crippen LogP contribution >= 0.6 is 15.9 Å². The van der Waals surface area contributed by atoms with Gasteiger partial charge in [-0.3, -0.25) is 4.79 Å². The molecule has 0 aliphatic heterocycles. The molecule has 1 amide bonds. The third kappa shape index (κ3) is 6.35. The predicted molar refractivity (Wildman–Crippen MR) is 107 cm³/mol. The van der Waals surface area contributed by atoms with Crippen LogP contribution in [0.25, 0.3) is 0 Å². The second-order valence-electron chi connectivity index (χ2n) is 5.76. The Labute approximate surface area is 163 Å². The minimum Gasteiger partial charge on any atom is -0.493 e. The number of hydrogen-bond acceptors (Lipinski definition) is 4. The van der Waals surface area contributed by atoms with E-state index in [0.717, 1.165) is 16.5 Å². The maximum atomic E-state index is 12.1. The molecule has 5 nitrogen and oxygen atoms in total. The zero-order chi connectivity index (χ0) is 18.8. The van der Waals surface area contributed by atoms with Crippen molar-refractivity contribution in [2.75, 3.05) is 26.8 Å². The molecule has 26 heavy (non-hydrogen) atoms. The molecular formula is C20H25BrN2O3.